The lowest BCUT2D eigenvalue weighted by atomic mass is 10.4. The van der Waals surface area contributed by atoms with Gasteiger partial charge in [-0.25, -0.2) is 0 Å². The molecule has 2 aromatic carbocycles. The predicted molar refractivity (Wildman–Crippen MR) is 94.8 cm³/mol. The fourth-order valence-electron chi connectivity index (χ4n) is 2.96. The van der Waals surface area contributed by atoms with Crippen LogP contribution >= 0.6 is 0 Å². The van der Waals surface area contributed by atoms with Crippen molar-refractivity contribution in [2.75, 3.05) is 14.1 Å². The molecule has 0 heterocycles. The molecule has 0 bridgehead atoms. The average Bonchev–Trinajstić information content (AvgIpc) is 2.57. The van der Waals surface area contributed by atoms with Crippen LogP contribution in [0.25, 0.3) is 0 Å². The first-order chi connectivity index (χ1) is 10.9. The van der Waals surface area contributed by atoms with Gasteiger partial charge in [-0.1, -0.05) is 60.7 Å². The van der Waals surface area contributed by atoms with Crippen LogP contribution in [-0.4, -0.2) is 43.4 Å². The third-order valence-electron chi connectivity index (χ3n) is 4.27. The smallest absolute Gasteiger partial charge is 0.335 e. The second-order valence-corrected chi connectivity index (χ2v) is 9.40. The Balaban J connectivity index is 2.84. The fourth-order valence-corrected chi connectivity index (χ4v) is 7.52. The first-order valence-electron chi connectivity index (χ1n) is 7.52. The van der Waals surface area contributed by atoms with E-state index in [0.29, 0.717) is 0 Å². The van der Waals surface area contributed by atoms with E-state index in [1.54, 1.807) is 37.1 Å². The number of rotatable bonds is 4. The molecule has 120 valence electrons. The minimum absolute atomic E-state index is 0.0579. The summed E-state index contributed by atoms with van der Waals surface area (Å²) < 4.78 is 3.50. The molecule has 0 radical (unpaired) electrons. The van der Waals surface area contributed by atoms with Crippen LogP contribution in [0.2, 0.25) is 0 Å². The third kappa shape index (κ3) is 2.92. The standard InChI is InChI=1S/C18H22N2O2Si/c1-15(21)19(3)23(20(4)16(2)22,17-11-7-5-8-12-17)18-13-9-6-10-14-18/h5-14H,1-4H3. The zero-order chi connectivity index (χ0) is 17.0. The number of hydrogen-bond acceptors (Lipinski definition) is 2. The number of hydrogen-bond donors (Lipinski definition) is 0. The quantitative estimate of drug-likeness (QED) is 0.792. The highest BCUT2D eigenvalue weighted by atomic mass is 28.3. The summed E-state index contributed by atoms with van der Waals surface area (Å²) in [5.41, 5.74) is 0. The van der Waals surface area contributed by atoms with Crippen molar-refractivity contribution < 1.29 is 9.59 Å². The lowest BCUT2D eigenvalue weighted by molar-refractivity contribution is -0.125. The van der Waals surface area contributed by atoms with Crippen LogP contribution in [0, 0.1) is 0 Å². The Labute approximate surface area is 138 Å². The summed E-state index contributed by atoms with van der Waals surface area (Å²) in [6.07, 6.45) is 0. The maximum Gasteiger partial charge on any atom is 0.335 e. The maximum absolute atomic E-state index is 12.3. The molecule has 4 nitrogen and oxygen atoms in total. The molecule has 2 rings (SSSR count). The van der Waals surface area contributed by atoms with Crippen LogP contribution in [0.3, 0.4) is 0 Å². The summed E-state index contributed by atoms with van der Waals surface area (Å²) in [4.78, 5) is 24.6. The van der Waals surface area contributed by atoms with Crippen LogP contribution < -0.4 is 10.4 Å². The molecular formula is C18H22N2O2Si. The second kappa shape index (κ2) is 6.79. The van der Waals surface area contributed by atoms with Gasteiger partial charge in [0.25, 0.3) is 0 Å². The van der Waals surface area contributed by atoms with E-state index in [4.69, 9.17) is 0 Å². The van der Waals surface area contributed by atoms with E-state index < -0.39 is 8.40 Å². The van der Waals surface area contributed by atoms with Crippen molar-refractivity contribution in [1.82, 2.24) is 9.13 Å². The highest BCUT2D eigenvalue weighted by Gasteiger charge is 2.49. The van der Waals surface area contributed by atoms with Crippen molar-refractivity contribution in [3.63, 3.8) is 0 Å². The second-order valence-electron chi connectivity index (χ2n) is 5.56. The summed E-state index contributed by atoms with van der Waals surface area (Å²) in [5, 5.41) is 2.00. The zero-order valence-electron chi connectivity index (χ0n) is 14.0. The molecule has 0 aliphatic rings. The van der Waals surface area contributed by atoms with Gasteiger partial charge in [0.1, 0.15) is 0 Å². The number of amides is 2. The summed E-state index contributed by atoms with van der Waals surface area (Å²) in [7, 11) is 0.658. The number of nitrogens with zero attached hydrogens (tertiary/aromatic N) is 2. The van der Waals surface area contributed by atoms with E-state index in [1.807, 2.05) is 60.7 Å². The van der Waals surface area contributed by atoms with Crippen molar-refractivity contribution >= 4 is 30.6 Å². The average molecular weight is 326 g/mol. The molecule has 0 unspecified atom stereocenters. The number of carbonyl (C=O) groups excluding carboxylic acids is 2. The van der Waals surface area contributed by atoms with Gasteiger partial charge < -0.3 is 9.13 Å². The van der Waals surface area contributed by atoms with Crippen LogP contribution in [0.4, 0.5) is 0 Å². The van der Waals surface area contributed by atoms with Crippen molar-refractivity contribution in [1.29, 1.82) is 0 Å². The van der Waals surface area contributed by atoms with E-state index in [0.717, 1.165) is 10.4 Å². The highest BCUT2D eigenvalue weighted by molar-refractivity contribution is 7.00. The van der Waals surface area contributed by atoms with Crippen LogP contribution in [0.15, 0.2) is 60.7 Å². The Bertz CT molecular complexity index is 627. The van der Waals surface area contributed by atoms with Gasteiger partial charge in [0.15, 0.2) is 0 Å². The fraction of sp³-hybridized carbons (Fsp3) is 0.222. The first kappa shape index (κ1) is 17.0. The SMILES string of the molecule is CC(=O)N(C)[Si](c1ccccc1)(c1ccccc1)N(C)C(C)=O. The molecule has 0 saturated heterocycles. The summed E-state index contributed by atoms with van der Waals surface area (Å²) in [6.45, 7) is 3.09. The normalized spacial score (nSPS) is 11.0. The first-order valence-corrected chi connectivity index (χ1v) is 9.41. The van der Waals surface area contributed by atoms with Crippen molar-refractivity contribution in [2.45, 2.75) is 13.8 Å². The van der Waals surface area contributed by atoms with Gasteiger partial charge in [-0.05, 0) is 10.4 Å². The molecule has 0 N–H and O–H groups in total. The van der Waals surface area contributed by atoms with Crippen LogP contribution in [0.1, 0.15) is 13.8 Å². The van der Waals surface area contributed by atoms with E-state index in [-0.39, 0.29) is 11.8 Å². The molecule has 0 aliphatic carbocycles. The monoisotopic (exact) mass is 326 g/mol. The minimum Gasteiger partial charge on any atom is -0.347 e. The Kier molecular flexibility index (Phi) is 5.01. The third-order valence-corrected chi connectivity index (χ3v) is 9.12. The van der Waals surface area contributed by atoms with E-state index in [9.17, 15) is 9.59 Å². The van der Waals surface area contributed by atoms with E-state index >= 15 is 0 Å². The van der Waals surface area contributed by atoms with E-state index in [2.05, 4.69) is 0 Å². The largest absolute Gasteiger partial charge is 0.347 e. The van der Waals surface area contributed by atoms with Gasteiger partial charge >= 0.3 is 8.40 Å². The summed E-state index contributed by atoms with van der Waals surface area (Å²) >= 11 is 0. The molecule has 5 heteroatoms. The van der Waals surface area contributed by atoms with Gasteiger partial charge in [-0.3, -0.25) is 9.59 Å². The maximum atomic E-state index is 12.3. The Hall–Kier alpha value is -2.40. The molecule has 0 atom stereocenters. The zero-order valence-corrected chi connectivity index (χ0v) is 15.0. The summed E-state index contributed by atoms with van der Waals surface area (Å²) in [5.74, 6) is -0.116. The molecule has 2 amide bonds. The molecule has 0 saturated carbocycles. The van der Waals surface area contributed by atoms with Crippen molar-refractivity contribution in [3.05, 3.63) is 60.7 Å². The van der Waals surface area contributed by atoms with Gasteiger partial charge in [-0.2, -0.15) is 0 Å². The molecule has 2 aromatic rings. The Morgan fingerprint density at radius 1 is 0.696 bits per heavy atom. The van der Waals surface area contributed by atoms with Gasteiger partial charge in [0.05, 0.1) is 0 Å². The lowest BCUT2D eigenvalue weighted by Crippen LogP contribution is -2.79. The highest BCUT2D eigenvalue weighted by Crippen LogP contribution is 2.15. The predicted octanol–water partition coefficient (Wildman–Crippen LogP) is 1.20. The van der Waals surface area contributed by atoms with Crippen LogP contribution in [0.5, 0.6) is 0 Å². The molecule has 0 aromatic heterocycles. The topological polar surface area (TPSA) is 40.6 Å². The van der Waals surface area contributed by atoms with E-state index in [1.165, 1.54) is 0 Å². The Morgan fingerprint density at radius 2 is 1.00 bits per heavy atom. The lowest BCUT2D eigenvalue weighted by Gasteiger charge is -2.45. The molecular weight excluding hydrogens is 304 g/mol. The molecule has 0 aliphatic heterocycles. The van der Waals surface area contributed by atoms with Gasteiger partial charge in [-0.15, -0.1) is 0 Å². The van der Waals surface area contributed by atoms with Gasteiger partial charge in [0, 0.05) is 27.9 Å². The number of carbonyl (C=O) groups is 2. The molecule has 0 fully saturated rings. The minimum atomic E-state index is -2.91. The molecule has 23 heavy (non-hydrogen) atoms. The van der Waals surface area contributed by atoms with Crippen LogP contribution in [-0.2, 0) is 9.59 Å². The Morgan fingerprint density at radius 3 is 1.26 bits per heavy atom. The van der Waals surface area contributed by atoms with Crippen molar-refractivity contribution in [2.24, 2.45) is 0 Å². The molecule has 0 spiro atoms. The summed E-state index contributed by atoms with van der Waals surface area (Å²) in [6, 6.07) is 19.7. The number of benzene rings is 2. The van der Waals surface area contributed by atoms with Gasteiger partial charge in [0.2, 0.25) is 11.8 Å². The van der Waals surface area contributed by atoms with Crippen molar-refractivity contribution in [3.8, 4) is 0 Å².